The molecule has 1 aliphatic rings. The molecule has 0 bridgehead atoms. The van der Waals surface area contributed by atoms with Gasteiger partial charge in [0.25, 0.3) is 0 Å². The normalized spacial score (nSPS) is 29.6. The fraction of sp³-hybridized carbons (Fsp3) is 0.917. The molecule has 2 unspecified atom stereocenters. The largest absolute Gasteiger partial charge is 0.338 e. The second-order valence-electron chi connectivity index (χ2n) is 5.38. The van der Waals surface area contributed by atoms with Crippen LogP contribution in [-0.2, 0) is 4.79 Å². The van der Waals surface area contributed by atoms with Gasteiger partial charge in [-0.2, -0.15) is 0 Å². The van der Waals surface area contributed by atoms with E-state index in [4.69, 9.17) is 5.73 Å². The molecule has 4 heteroatoms. The first-order valence-corrected chi connectivity index (χ1v) is 6.11. The first-order valence-electron chi connectivity index (χ1n) is 6.11. The Morgan fingerprint density at radius 3 is 2.06 bits per heavy atom. The summed E-state index contributed by atoms with van der Waals surface area (Å²) in [4.78, 5) is 16.3. The van der Waals surface area contributed by atoms with E-state index in [1.807, 2.05) is 18.7 Å². The van der Waals surface area contributed by atoms with E-state index in [1.165, 1.54) is 0 Å². The van der Waals surface area contributed by atoms with E-state index in [0.29, 0.717) is 12.1 Å². The molecule has 2 N–H and O–H groups in total. The van der Waals surface area contributed by atoms with E-state index in [0.717, 1.165) is 13.1 Å². The fourth-order valence-electron chi connectivity index (χ4n) is 2.08. The molecule has 0 aliphatic carbocycles. The number of hydrogen-bond donors (Lipinski definition) is 1. The highest BCUT2D eigenvalue weighted by Crippen LogP contribution is 2.15. The van der Waals surface area contributed by atoms with Gasteiger partial charge >= 0.3 is 0 Å². The van der Waals surface area contributed by atoms with Crippen LogP contribution in [0.4, 0.5) is 0 Å². The second kappa shape index (κ2) is 5.15. The topological polar surface area (TPSA) is 49.6 Å². The third kappa shape index (κ3) is 2.74. The number of piperazine rings is 1. The summed E-state index contributed by atoms with van der Waals surface area (Å²) in [5.74, 6) is 0.305. The lowest BCUT2D eigenvalue weighted by atomic mass is 10.0. The Bertz CT molecular complexity index is 243. The van der Waals surface area contributed by atoms with Crippen molar-refractivity contribution in [1.29, 1.82) is 0 Å². The van der Waals surface area contributed by atoms with Crippen LogP contribution in [0, 0.1) is 5.92 Å². The first kappa shape index (κ1) is 13.5. The molecule has 1 heterocycles. The molecule has 0 aromatic carbocycles. The Hall–Kier alpha value is -0.610. The van der Waals surface area contributed by atoms with Crippen LogP contribution in [0.3, 0.4) is 0 Å². The molecule has 1 saturated heterocycles. The number of carbonyl (C=O) groups is 1. The Morgan fingerprint density at radius 2 is 1.69 bits per heavy atom. The van der Waals surface area contributed by atoms with E-state index in [2.05, 4.69) is 25.8 Å². The molecule has 0 aromatic heterocycles. The summed E-state index contributed by atoms with van der Waals surface area (Å²) >= 11 is 0. The minimum absolute atomic E-state index is 0.0989. The predicted molar refractivity (Wildman–Crippen MR) is 66.1 cm³/mol. The number of hydrogen-bond acceptors (Lipinski definition) is 3. The van der Waals surface area contributed by atoms with Crippen LogP contribution in [0.15, 0.2) is 0 Å². The first-order chi connectivity index (χ1) is 7.34. The molecule has 94 valence electrons. The molecule has 0 radical (unpaired) electrons. The lowest BCUT2D eigenvalue weighted by Crippen LogP contribution is -2.59. The van der Waals surface area contributed by atoms with Crippen molar-refractivity contribution in [2.45, 2.75) is 45.8 Å². The molecule has 1 amide bonds. The van der Waals surface area contributed by atoms with Crippen LogP contribution < -0.4 is 5.73 Å². The summed E-state index contributed by atoms with van der Waals surface area (Å²) in [6.07, 6.45) is 0. The lowest BCUT2D eigenvalue weighted by Gasteiger charge is -2.43. The predicted octanol–water partition coefficient (Wildman–Crippen LogP) is 0.521. The van der Waals surface area contributed by atoms with Crippen molar-refractivity contribution in [2.75, 3.05) is 20.1 Å². The van der Waals surface area contributed by atoms with E-state index in [9.17, 15) is 4.79 Å². The maximum atomic E-state index is 12.1. The van der Waals surface area contributed by atoms with Gasteiger partial charge in [-0.25, -0.2) is 0 Å². The van der Waals surface area contributed by atoms with Crippen LogP contribution in [0.1, 0.15) is 27.7 Å². The number of nitrogens with two attached hydrogens (primary N) is 1. The molecule has 1 rings (SSSR count). The highest BCUT2D eigenvalue weighted by atomic mass is 16.2. The third-order valence-corrected chi connectivity index (χ3v) is 3.67. The van der Waals surface area contributed by atoms with Gasteiger partial charge in [0.05, 0.1) is 6.04 Å². The Morgan fingerprint density at radius 1 is 1.25 bits per heavy atom. The van der Waals surface area contributed by atoms with Gasteiger partial charge in [-0.15, -0.1) is 0 Å². The molecule has 0 saturated carbocycles. The van der Waals surface area contributed by atoms with Crippen LogP contribution >= 0.6 is 0 Å². The molecule has 4 nitrogen and oxygen atoms in total. The molecule has 0 aromatic rings. The highest BCUT2D eigenvalue weighted by Gasteiger charge is 2.32. The minimum Gasteiger partial charge on any atom is -0.338 e. The number of likely N-dealkylation sites (N-methyl/N-ethyl adjacent to an activating group) is 1. The van der Waals surface area contributed by atoms with Gasteiger partial charge < -0.3 is 10.6 Å². The lowest BCUT2D eigenvalue weighted by molar-refractivity contribution is -0.137. The van der Waals surface area contributed by atoms with Gasteiger partial charge in [-0.3, -0.25) is 9.69 Å². The number of carbonyl (C=O) groups excluding carboxylic acids is 1. The maximum absolute atomic E-state index is 12.1. The molecular weight excluding hydrogens is 202 g/mol. The number of rotatable bonds is 2. The number of nitrogens with zero attached hydrogens (tertiary/aromatic N) is 2. The Balaban J connectivity index is 2.65. The fourth-order valence-corrected chi connectivity index (χ4v) is 2.08. The zero-order valence-electron chi connectivity index (χ0n) is 11.1. The third-order valence-electron chi connectivity index (χ3n) is 3.67. The van der Waals surface area contributed by atoms with Gasteiger partial charge in [-0.05, 0) is 26.8 Å². The van der Waals surface area contributed by atoms with Gasteiger partial charge in [0.15, 0.2) is 0 Å². The summed E-state index contributed by atoms with van der Waals surface area (Å²) in [5.41, 5.74) is 5.91. The highest BCUT2D eigenvalue weighted by molar-refractivity contribution is 5.82. The number of amides is 1. The van der Waals surface area contributed by atoms with E-state index >= 15 is 0 Å². The van der Waals surface area contributed by atoms with E-state index in [1.54, 1.807) is 0 Å². The van der Waals surface area contributed by atoms with Crippen molar-refractivity contribution >= 4 is 5.91 Å². The molecule has 3 atom stereocenters. The summed E-state index contributed by atoms with van der Waals surface area (Å²) in [7, 11) is 2.11. The average Bonchev–Trinajstić information content (AvgIpc) is 2.22. The molecule has 1 aliphatic heterocycles. The quantitative estimate of drug-likeness (QED) is 0.748. The Labute approximate surface area is 98.8 Å². The zero-order valence-corrected chi connectivity index (χ0v) is 11.1. The van der Waals surface area contributed by atoms with Crippen molar-refractivity contribution in [3.05, 3.63) is 0 Å². The van der Waals surface area contributed by atoms with Gasteiger partial charge in [0.2, 0.25) is 5.91 Å². The summed E-state index contributed by atoms with van der Waals surface area (Å²) in [6, 6.07) is 0.460. The smallest absolute Gasteiger partial charge is 0.239 e. The monoisotopic (exact) mass is 227 g/mol. The van der Waals surface area contributed by atoms with Crippen LogP contribution in [-0.4, -0.2) is 54.0 Å². The summed E-state index contributed by atoms with van der Waals surface area (Å²) in [5, 5.41) is 0. The van der Waals surface area contributed by atoms with Crippen LogP contribution in [0.25, 0.3) is 0 Å². The summed E-state index contributed by atoms with van der Waals surface area (Å²) < 4.78 is 0. The molecule has 0 spiro atoms. The van der Waals surface area contributed by atoms with Crippen molar-refractivity contribution in [3.8, 4) is 0 Å². The molecular formula is C12H25N3O. The van der Waals surface area contributed by atoms with Crippen molar-refractivity contribution in [2.24, 2.45) is 11.7 Å². The van der Waals surface area contributed by atoms with Crippen molar-refractivity contribution < 1.29 is 4.79 Å². The van der Waals surface area contributed by atoms with Gasteiger partial charge in [0, 0.05) is 25.2 Å². The standard InChI is InChI=1S/C12H25N3O/c1-8(2)11(13)12(16)15-6-9(3)14(5)10(4)7-15/h8-11H,6-7,13H2,1-5H3/t9?,10?,11-/m0/s1. The molecule has 16 heavy (non-hydrogen) atoms. The minimum atomic E-state index is -0.359. The van der Waals surface area contributed by atoms with E-state index in [-0.39, 0.29) is 17.9 Å². The SMILES string of the molecule is CC(C)[C@H](N)C(=O)N1CC(C)N(C)C(C)C1. The second-order valence-corrected chi connectivity index (χ2v) is 5.38. The Kier molecular flexibility index (Phi) is 4.33. The molecule has 1 fully saturated rings. The van der Waals surface area contributed by atoms with Gasteiger partial charge in [-0.1, -0.05) is 13.8 Å². The van der Waals surface area contributed by atoms with Crippen LogP contribution in [0.5, 0.6) is 0 Å². The van der Waals surface area contributed by atoms with Gasteiger partial charge in [0.1, 0.15) is 0 Å². The average molecular weight is 227 g/mol. The van der Waals surface area contributed by atoms with E-state index < -0.39 is 0 Å². The zero-order chi connectivity index (χ0) is 12.5. The van der Waals surface area contributed by atoms with Crippen molar-refractivity contribution in [3.63, 3.8) is 0 Å². The van der Waals surface area contributed by atoms with Crippen molar-refractivity contribution in [1.82, 2.24) is 9.80 Å². The van der Waals surface area contributed by atoms with Crippen LogP contribution in [0.2, 0.25) is 0 Å². The summed E-state index contributed by atoms with van der Waals surface area (Å²) in [6.45, 7) is 9.87. The maximum Gasteiger partial charge on any atom is 0.239 e.